The first-order valence-electron chi connectivity index (χ1n) is 7.36. The molecule has 1 aliphatic rings. The molecule has 4 nitrogen and oxygen atoms in total. The molecule has 0 radical (unpaired) electrons. The molecule has 0 unspecified atom stereocenters. The van der Waals surface area contributed by atoms with E-state index in [-0.39, 0.29) is 11.4 Å². The van der Waals surface area contributed by atoms with Gasteiger partial charge < -0.3 is 10.2 Å². The summed E-state index contributed by atoms with van der Waals surface area (Å²) in [5.41, 5.74) is 1.01. The number of para-hydroxylation sites is 1. The van der Waals surface area contributed by atoms with Crippen LogP contribution in [0.1, 0.15) is 20.8 Å². The van der Waals surface area contributed by atoms with Crippen LogP contribution in [-0.4, -0.2) is 49.1 Å². The highest BCUT2D eigenvalue weighted by molar-refractivity contribution is 5.94. The zero-order valence-electron chi connectivity index (χ0n) is 12.7. The zero-order valence-corrected chi connectivity index (χ0v) is 12.7. The largest absolute Gasteiger partial charge is 0.314 e. The van der Waals surface area contributed by atoms with E-state index in [1.54, 1.807) is 0 Å². The maximum Gasteiger partial charge on any atom is 0.241 e. The van der Waals surface area contributed by atoms with E-state index in [0.29, 0.717) is 13.1 Å². The van der Waals surface area contributed by atoms with Gasteiger partial charge in [-0.25, -0.2) is 0 Å². The third-order valence-corrected chi connectivity index (χ3v) is 3.98. The lowest BCUT2D eigenvalue weighted by Gasteiger charge is -2.43. The number of hydrogen-bond acceptors (Lipinski definition) is 3. The SMILES string of the molecule is CCN(C(=O)CN1CCNCC1(C)C)c1ccccc1. The maximum absolute atomic E-state index is 12.6. The van der Waals surface area contributed by atoms with Crippen molar-refractivity contribution >= 4 is 11.6 Å². The first-order valence-corrected chi connectivity index (χ1v) is 7.36. The van der Waals surface area contributed by atoms with E-state index >= 15 is 0 Å². The average molecular weight is 275 g/mol. The van der Waals surface area contributed by atoms with Gasteiger partial charge in [0.1, 0.15) is 0 Å². The summed E-state index contributed by atoms with van der Waals surface area (Å²) in [6.45, 7) is 10.4. The lowest BCUT2D eigenvalue weighted by molar-refractivity contribution is -0.121. The molecule has 0 saturated carbocycles. The molecule has 20 heavy (non-hydrogen) atoms. The zero-order chi connectivity index (χ0) is 14.6. The van der Waals surface area contributed by atoms with Crippen molar-refractivity contribution in [3.63, 3.8) is 0 Å². The molecule has 0 bridgehead atoms. The number of benzene rings is 1. The summed E-state index contributed by atoms with van der Waals surface area (Å²) in [5.74, 6) is 0.175. The number of carbonyl (C=O) groups excluding carboxylic acids is 1. The fourth-order valence-electron chi connectivity index (χ4n) is 2.68. The number of amides is 1. The minimum Gasteiger partial charge on any atom is -0.314 e. The van der Waals surface area contributed by atoms with Gasteiger partial charge in [0.25, 0.3) is 0 Å². The van der Waals surface area contributed by atoms with Crippen LogP contribution in [0.15, 0.2) is 30.3 Å². The molecule has 1 heterocycles. The van der Waals surface area contributed by atoms with Gasteiger partial charge in [-0.15, -0.1) is 0 Å². The molecular weight excluding hydrogens is 250 g/mol. The van der Waals surface area contributed by atoms with E-state index in [1.807, 2.05) is 42.2 Å². The summed E-state index contributed by atoms with van der Waals surface area (Å²) in [7, 11) is 0. The molecule has 1 amide bonds. The number of nitrogens with zero attached hydrogens (tertiary/aromatic N) is 2. The molecule has 4 heteroatoms. The molecular formula is C16H25N3O. The van der Waals surface area contributed by atoms with Crippen molar-refractivity contribution in [2.75, 3.05) is 37.6 Å². The van der Waals surface area contributed by atoms with Crippen LogP contribution in [0, 0.1) is 0 Å². The van der Waals surface area contributed by atoms with Gasteiger partial charge in [0, 0.05) is 37.4 Å². The predicted molar refractivity (Wildman–Crippen MR) is 83.0 cm³/mol. The van der Waals surface area contributed by atoms with Gasteiger partial charge in [0.15, 0.2) is 0 Å². The molecule has 1 N–H and O–H groups in total. The third kappa shape index (κ3) is 3.38. The highest BCUT2D eigenvalue weighted by Crippen LogP contribution is 2.18. The Morgan fingerprint density at radius 3 is 2.65 bits per heavy atom. The van der Waals surface area contributed by atoms with E-state index in [1.165, 1.54) is 0 Å². The van der Waals surface area contributed by atoms with Crippen molar-refractivity contribution in [1.29, 1.82) is 0 Å². The molecule has 1 fully saturated rings. The molecule has 0 atom stereocenters. The van der Waals surface area contributed by atoms with Gasteiger partial charge >= 0.3 is 0 Å². The second kappa shape index (κ2) is 6.37. The van der Waals surface area contributed by atoms with Crippen LogP contribution in [0.4, 0.5) is 5.69 Å². The van der Waals surface area contributed by atoms with Crippen molar-refractivity contribution in [3.8, 4) is 0 Å². The topological polar surface area (TPSA) is 35.6 Å². The quantitative estimate of drug-likeness (QED) is 0.909. The van der Waals surface area contributed by atoms with Crippen molar-refractivity contribution in [1.82, 2.24) is 10.2 Å². The van der Waals surface area contributed by atoms with Gasteiger partial charge in [0.2, 0.25) is 5.91 Å². The van der Waals surface area contributed by atoms with Gasteiger partial charge in [-0.05, 0) is 32.9 Å². The summed E-state index contributed by atoms with van der Waals surface area (Å²) in [4.78, 5) is 16.7. The molecule has 1 aliphatic heterocycles. The maximum atomic E-state index is 12.6. The van der Waals surface area contributed by atoms with Crippen molar-refractivity contribution in [2.45, 2.75) is 26.3 Å². The van der Waals surface area contributed by atoms with Gasteiger partial charge in [0.05, 0.1) is 6.54 Å². The molecule has 1 aromatic carbocycles. The Bertz CT molecular complexity index is 444. The van der Waals surface area contributed by atoms with Gasteiger partial charge in [-0.2, -0.15) is 0 Å². The van der Waals surface area contributed by atoms with E-state index in [2.05, 4.69) is 24.1 Å². The fraction of sp³-hybridized carbons (Fsp3) is 0.562. The normalized spacial score (nSPS) is 18.8. The highest BCUT2D eigenvalue weighted by Gasteiger charge is 2.31. The van der Waals surface area contributed by atoms with E-state index in [9.17, 15) is 4.79 Å². The molecule has 1 aromatic rings. The van der Waals surface area contributed by atoms with Crippen LogP contribution in [-0.2, 0) is 4.79 Å². The smallest absolute Gasteiger partial charge is 0.241 e. The number of likely N-dealkylation sites (N-methyl/N-ethyl adjacent to an activating group) is 1. The van der Waals surface area contributed by atoms with E-state index in [4.69, 9.17) is 0 Å². The number of anilines is 1. The van der Waals surface area contributed by atoms with Gasteiger partial charge in [-0.3, -0.25) is 9.69 Å². The Labute approximate surface area is 121 Å². The average Bonchev–Trinajstić information content (AvgIpc) is 2.43. The fourth-order valence-corrected chi connectivity index (χ4v) is 2.68. The summed E-state index contributed by atoms with van der Waals surface area (Å²) >= 11 is 0. The molecule has 110 valence electrons. The molecule has 1 saturated heterocycles. The minimum atomic E-state index is 0.0318. The number of carbonyl (C=O) groups is 1. The van der Waals surface area contributed by atoms with Crippen LogP contribution < -0.4 is 10.2 Å². The van der Waals surface area contributed by atoms with Gasteiger partial charge in [-0.1, -0.05) is 18.2 Å². The Kier molecular flexibility index (Phi) is 4.78. The van der Waals surface area contributed by atoms with Crippen molar-refractivity contribution in [2.24, 2.45) is 0 Å². The standard InChI is InChI=1S/C16H25N3O/c1-4-19(14-8-6-5-7-9-14)15(20)12-18-11-10-17-13-16(18,2)3/h5-9,17H,4,10-13H2,1-3H3. The lowest BCUT2D eigenvalue weighted by Crippen LogP contribution is -2.60. The van der Waals surface area contributed by atoms with E-state index in [0.717, 1.165) is 25.3 Å². The Hall–Kier alpha value is -1.39. The predicted octanol–water partition coefficient (Wildman–Crippen LogP) is 1.72. The van der Waals surface area contributed by atoms with Crippen molar-refractivity contribution in [3.05, 3.63) is 30.3 Å². The number of piperazine rings is 1. The minimum absolute atomic E-state index is 0.0318. The second-order valence-corrected chi connectivity index (χ2v) is 5.88. The third-order valence-electron chi connectivity index (χ3n) is 3.98. The first kappa shape index (κ1) is 15.0. The summed E-state index contributed by atoms with van der Waals surface area (Å²) in [6, 6.07) is 9.90. The molecule has 2 rings (SSSR count). The lowest BCUT2D eigenvalue weighted by atomic mass is 10.0. The van der Waals surface area contributed by atoms with Crippen LogP contribution in [0.25, 0.3) is 0 Å². The number of nitrogens with one attached hydrogen (secondary N) is 1. The van der Waals surface area contributed by atoms with Crippen LogP contribution in [0.3, 0.4) is 0 Å². The Morgan fingerprint density at radius 2 is 2.05 bits per heavy atom. The molecule has 0 spiro atoms. The van der Waals surface area contributed by atoms with E-state index < -0.39 is 0 Å². The highest BCUT2D eigenvalue weighted by atomic mass is 16.2. The first-order chi connectivity index (χ1) is 9.54. The summed E-state index contributed by atoms with van der Waals surface area (Å²) < 4.78 is 0. The molecule has 0 aromatic heterocycles. The van der Waals surface area contributed by atoms with Crippen molar-refractivity contribution < 1.29 is 4.79 Å². The van der Waals surface area contributed by atoms with Crippen LogP contribution in [0.5, 0.6) is 0 Å². The summed E-state index contributed by atoms with van der Waals surface area (Å²) in [6.07, 6.45) is 0. The number of rotatable bonds is 4. The van der Waals surface area contributed by atoms with Crippen LogP contribution in [0.2, 0.25) is 0 Å². The summed E-state index contributed by atoms with van der Waals surface area (Å²) in [5, 5.41) is 3.39. The monoisotopic (exact) mass is 275 g/mol. The van der Waals surface area contributed by atoms with Crippen LogP contribution >= 0.6 is 0 Å². The number of hydrogen-bond donors (Lipinski definition) is 1. The second-order valence-electron chi connectivity index (χ2n) is 5.88. The Morgan fingerprint density at radius 1 is 1.35 bits per heavy atom. The Balaban J connectivity index is 2.06. The molecule has 0 aliphatic carbocycles.